The van der Waals surface area contributed by atoms with Gasteiger partial charge in [-0.3, -0.25) is 4.79 Å². The monoisotopic (exact) mass is 374 g/mol. The number of piperidine rings is 1. The van der Waals surface area contributed by atoms with Crippen molar-refractivity contribution in [2.45, 2.75) is 50.7 Å². The summed E-state index contributed by atoms with van der Waals surface area (Å²) < 4.78 is 0.774. The van der Waals surface area contributed by atoms with Crippen molar-refractivity contribution in [3.05, 3.63) is 34.0 Å². The van der Waals surface area contributed by atoms with Crippen LogP contribution in [0.15, 0.2) is 24.8 Å². The van der Waals surface area contributed by atoms with Gasteiger partial charge in [0.15, 0.2) is 0 Å². The van der Waals surface area contributed by atoms with E-state index in [0.717, 1.165) is 22.1 Å². The van der Waals surface area contributed by atoms with Crippen LogP contribution in [0.3, 0.4) is 0 Å². The number of nitrogens with zero attached hydrogens (tertiary/aromatic N) is 1. The van der Waals surface area contributed by atoms with Gasteiger partial charge in [0.25, 0.3) is 0 Å². The summed E-state index contributed by atoms with van der Waals surface area (Å²) in [4.78, 5) is 15.7. The number of rotatable bonds is 6. The summed E-state index contributed by atoms with van der Waals surface area (Å²) in [5.74, 6) is 0.779. The summed E-state index contributed by atoms with van der Waals surface area (Å²) in [6.07, 6.45) is 7.32. The van der Waals surface area contributed by atoms with Crippen LogP contribution in [0.4, 0.5) is 0 Å². The number of hydrogen-bond donors (Lipinski definition) is 1. The molecular formula is C17H24Cl2N2OS. The van der Waals surface area contributed by atoms with Gasteiger partial charge in [0, 0.05) is 29.9 Å². The summed E-state index contributed by atoms with van der Waals surface area (Å²) in [6, 6.07) is 5.17. The molecule has 0 aliphatic carbocycles. The molecule has 0 radical (unpaired) electrons. The number of nitrogens with one attached hydrogen (secondary N) is 1. The van der Waals surface area contributed by atoms with E-state index in [9.17, 15) is 4.79 Å². The quantitative estimate of drug-likeness (QED) is 0.754. The fraction of sp³-hybridized carbons (Fsp3) is 0.588. The predicted molar refractivity (Wildman–Crippen MR) is 99.5 cm³/mol. The van der Waals surface area contributed by atoms with E-state index < -0.39 is 0 Å². The van der Waals surface area contributed by atoms with E-state index in [4.69, 9.17) is 11.6 Å². The van der Waals surface area contributed by atoms with Crippen LogP contribution in [0.5, 0.6) is 0 Å². The van der Waals surface area contributed by atoms with Gasteiger partial charge in [0.1, 0.15) is 0 Å². The molecule has 2 aliphatic rings. The zero-order valence-corrected chi connectivity index (χ0v) is 15.6. The molecule has 3 nitrogen and oxygen atoms in total. The second-order valence-electron chi connectivity index (χ2n) is 6.45. The molecular weight excluding hydrogens is 351 g/mol. The zero-order chi connectivity index (χ0) is 15.5. The molecule has 23 heavy (non-hydrogen) atoms. The highest BCUT2D eigenvalue weighted by Crippen LogP contribution is 2.33. The van der Waals surface area contributed by atoms with E-state index in [1.165, 1.54) is 12.8 Å². The van der Waals surface area contributed by atoms with Crippen molar-refractivity contribution in [1.82, 2.24) is 10.2 Å². The van der Waals surface area contributed by atoms with Gasteiger partial charge < -0.3 is 10.2 Å². The van der Waals surface area contributed by atoms with Crippen molar-refractivity contribution < 1.29 is 4.79 Å². The second kappa shape index (κ2) is 8.52. The summed E-state index contributed by atoms with van der Waals surface area (Å²) in [6.45, 7) is 5.03. The first-order valence-electron chi connectivity index (χ1n) is 8.03. The third-order valence-electron chi connectivity index (χ3n) is 4.71. The molecule has 1 aromatic rings. The maximum atomic E-state index is 12.7. The fourth-order valence-corrected chi connectivity index (χ4v) is 4.86. The minimum absolute atomic E-state index is 0. The van der Waals surface area contributed by atoms with Crippen LogP contribution in [0.1, 0.15) is 37.0 Å². The average molecular weight is 375 g/mol. The molecule has 0 spiro atoms. The lowest BCUT2D eigenvalue weighted by molar-refractivity contribution is -0.132. The largest absolute Gasteiger partial charge is 0.334 e. The molecule has 1 amide bonds. The number of fused-ring (bicyclic) bond motifs is 2. The SMILES string of the molecule is C=CCN(Cc1ccc(Cl)s1)C(=O)CC1CC2CCC(C1)N2.Cl. The van der Waals surface area contributed by atoms with Gasteiger partial charge in [-0.1, -0.05) is 17.7 Å². The molecule has 0 aromatic carbocycles. The van der Waals surface area contributed by atoms with Crippen molar-refractivity contribution in [3.8, 4) is 0 Å². The van der Waals surface area contributed by atoms with Gasteiger partial charge in [-0.25, -0.2) is 0 Å². The Morgan fingerprint density at radius 1 is 1.39 bits per heavy atom. The highest BCUT2D eigenvalue weighted by molar-refractivity contribution is 7.16. The first kappa shape index (κ1) is 18.8. The van der Waals surface area contributed by atoms with E-state index in [1.807, 2.05) is 17.0 Å². The number of carbonyl (C=O) groups excluding carboxylic acids is 1. The van der Waals surface area contributed by atoms with Crippen LogP contribution in [0.2, 0.25) is 4.34 Å². The first-order chi connectivity index (χ1) is 10.6. The Bertz CT molecular complexity index is 536. The Morgan fingerprint density at radius 3 is 2.65 bits per heavy atom. The molecule has 1 N–H and O–H groups in total. The molecule has 2 aliphatic heterocycles. The highest BCUT2D eigenvalue weighted by atomic mass is 35.5. The van der Waals surface area contributed by atoms with Crippen molar-refractivity contribution in [2.24, 2.45) is 5.92 Å². The van der Waals surface area contributed by atoms with Crippen molar-refractivity contribution >= 4 is 41.3 Å². The maximum absolute atomic E-state index is 12.7. The minimum atomic E-state index is 0. The molecule has 3 heterocycles. The summed E-state index contributed by atoms with van der Waals surface area (Å²) in [7, 11) is 0. The van der Waals surface area contributed by atoms with E-state index in [-0.39, 0.29) is 18.3 Å². The van der Waals surface area contributed by atoms with Crippen LogP contribution in [0.25, 0.3) is 0 Å². The van der Waals surface area contributed by atoms with Gasteiger partial charge in [0.05, 0.1) is 10.9 Å². The lowest BCUT2D eigenvalue weighted by atomic mass is 9.89. The normalized spacial score (nSPS) is 25.7. The minimum Gasteiger partial charge on any atom is -0.334 e. The molecule has 128 valence electrons. The lowest BCUT2D eigenvalue weighted by Gasteiger charge is -2.30. The van der Waals surface area contributed by atoms with E-state index in [1.54, 1.807) is 17.4 Å². The Balaban J connectivity index is 0.00000192. The van der Waals surface area contributed by atoms with Crippen molar-refractivity contribution in [1.29, 1.82) is 0 Å². The van der Waals surface area contributed by atoms with Gasteiger partial charge in [-0.05, 0) is 43.7 Å². The molecule has 2 atom stereocenters. The van der Waals surface area contributed by atoms with Gasteiger partial charge >= 0.3 is 0 Å². The van der Waals surface area contributed by atoms with Gasteiger partial charge in [-0.2, -0.15) is 0 Å². The Labute approximate surface area is 153 Å². The maximum Gasteiger partial charge on any atom is 0.223 e. The molecule has 2 fully saturated rings. The van der Waals surface area contributed by atoms with Crippen LogP contribution in [-0.2, 0) is 11.3 Å². The van der Waals surface area contributed by atoms with Gasteiger partial charge in [0.2, 0.25) is 5.91 Å². The van der Waals surface area contributed by atoms with Crippen LogP contribution < -0.4 is 5.32 Å². The molecule has 2 bridgehead atoms. The molecule has 2 saturated heterocycles. The molecule has 0 saturated carbocycles. The number of thiophene rings is 1. The zero-order valence-electron chi connectivity index (χ0n) is 13.2. The highest BCUT2D eigenvalue weighted by Gasteiger charge is 2.34. The van der Waals surface area contributed by atoms with Crippen molar-refractivity contribution in [2.75, 3.05) is 6.54 Å². The molecule has 6 heteroatoms. The number of halogens is 2. The Hall–Kier alpha value is -0.550. The third-order valence-corrected chi connectivity index (χ3v) is 5.93. The first-order valence-corrected chi connectivity index (χ1v) is 9.22. The topological polar surface area (TPSA) is 32.3 Å². The summed E-state index contributed by atoms with van der Waals surface area (Å²) in [5.41, 5.74) is 0. The Kier molecular flexibility index (Phi) is 6.96. The van der Waals surface area contributed by atoms with Crippen LogP contribution in [0, 0.1) is 5.92 Å². The fourth-order valence-electron chi connectivity index (χ4n) is 3.75. The van der Waals surface area contributed by atoms with E-state index >= 15 is 0 Å². The Morgan fingerprint density at radius 2 is 2.09 bits per heavy atom. The number of amides is 1. The third kappa shape index (κ3) is 4.96. The second-order valence-corrected chi connectivity index (χ2v) is 8.25. The predicted octanol–water partition coefficient (Wildman–Crippen LogP) is 4.26. The number of hydrogen-bond acceptors (Lipinski definition) is 3. The smallest absolute Gasteiger partial charge is 0.223 e. The van der Waals surface area contributed by atoms with Crippen LogP contribution >= 0.6 is 35.3 Å². The lowest BCUT2D eigenvalue weighted by Crippen LogP contribution is -2.40. The molecule has 2 unspecified atom stereocenters. The van der Waals surface area contributed by atoms with Gasteiger partial charge in [-0.15, -0.1) is 30.3 Å². The number of carbonyl (C=O) groups is 1. The standard InChI is InChI=1S/C17H23ClN2OS.ClH/c1-2-7-20(11-15-5-6-16(18)22-15)17(21)10-12-8-13-3-4-14(9-12)19-13;/h2,5-6,12-14,19H,1,3-4,7-11H2;1H. The summed E-state index contributed by atoms with van der Waals surface area (Å²) in [5, 5.41) is 3.64. The average Bonchev–Trinajstić information content (AvgIpc) is 3.04. The van der Waals surface area contributed by atoms with Crippen LogP contribution in [-0.4, -0.2) is 29.4 Å². The van der Waals surface area contributed by atoms with E-state index in [0.29, 0.717) is 37.5 Å². The molecule has 1 aromatic heterocycles. The van der Waals surface area contributed by atoms with E-state index in [2.05, 4.69) is 11.9 Å². The molecule has 3 rings (SSSR count). The summed E-state index contributed by atoms with van der Waals surface area (Å²) >= 11 is 7.53. The van der Waals surface area contributed by atoms with Crippen molar-refractivity contribution in [3.63, 3.8) is 0 Å².